The van der Waals surface area contributed by atoms with Gasteiger partial charge < -0.3 is 14.8 Å². The lowest BCUT2D eigenvalue weighted by Crippen LogP contribution is -2.16. The van der Waals surface area contributed by atoms with E-state index >= 15 is 0 Å². The normalized spacial score (nSPS) is 30.6. The molecule has 3 aliphatic rings. The van der Waals surface area contributed by atoms with Crippen molar-refractivity contribution in [3.8, 4) is 11.5 Å². The van der Waals surface area contributed by atoms with Crippen LogP contribution in [0.25, 0.3) is 0 Å². The SMILES string of the molecule is COc1cc(C2CCCN2)c(OC)c2c1C1CCC2C1. The third-order valence-electron chi connectivity index (χ3n) is 5.46. The molecule has 0 amide bonds. The van der Waals surface area contributed by atoms with E-state index in [9.17, 15) is 0 Å². The summed E-state index contributed by atoms with van der Waals surface area (Å²) in [4.78, 5) is 0. The maximum atomic E-state index is 5.86. The third-order valence-corrected chi connectivity index (χ3v) is 5.46. The van der Waals surface area contributed by atoms with Crippen molar-refractivity contribution in [1.29, 1.82) is 0 Å². The molecule has 1 saturated heterocycles. The number of hydrogen-bond acceptors (Lipinski definition) is 3. The molecule has 3 nitrogen and oxygen atoms in total. The predicted octanol–water partition coefficient (Wildman–Crippen LogP) is 3.49. The fourth-order valence-electron chi connectivity index (χ4n) is 4.63. The van der Waals surface area contributed by atoms with Crippen molar-refractivity contribution in [2.45, 2.75) is 50.0 Å². The van der Waals surface area contributed by atoms with E-state index < -0.39 is 0 Å². The molecule has 2 bridgehead atoms. The zero-order valence-corrected chi connectivity index (χ0v) is 12.4. The molecule has 3 atom stereocenters. The van der Waals surface area contributed by atoms with E-state index in [-0.39, 0.29) is 0 Å². The van der Waals surface area contributed by atoms with Gasteiger partial charge in [0, 0.05) is 22.7 Å². The van der Waals surface area contributed by atoms with Crippen molar-refractivity contribution in [2.75, 3.05) is 20.8 Å². The molecule has 1 aromatic rings. The van der Waals surface area contributed by atoms with Crippen LogP contribution >= 0.6 is 0 Å². The molecule has 3 heteroatoms. The van der Waals surface area contributed by atoms with Crippen molar-refractivity contribution in [3.05, 3.63) is 22.8 Å². The van der Waals surface area contributed by atoms with Gasteiger partial charge in [-0.15, -0.1) is 0 Å². The van der Waals surface area contributed by atoms with E-state index in [0.717, 1.165) is 18.0 Å². The molecule has 2 fully saturated rings. The summed E-state index contributed by atoms with van der Waals surface area (Å²) < 4.78 is 11.6. The molecule has 20 heavy (non-hydrogen) atoms. The second kappa shape index (κ2) is 4.66. The van der Waals surface area contributed by atoms with Crippen molar-refractivity contribution in [1.82, 2.24) is 5.32 Å². The number of benzene rings is 1. The van der Waals surface area contributed by atoms with Crippen LogP contribution in [-0.2, 0) is 0 Å². The highest BCUT2D eigenvalue weighted by atomic mass is 16.5. The molecule has 1 heterocycles. The Morgan fingerprint density at radius 3 is 2.50 bits per heavy atom. The third kappa shape index (κ3) is 1.62. The summed E-state index contributed by atoms with van der Waals surface area (Å²) >= 11 is 0. The highest BCUT2D eigenvalue weighted by Crippen LogP contribution is 2.60. The molecule has 0 aromatic heterocycles. The first-order valence-electron chi connectivity index (χ1n) is 7.85. The van der Waals surface area contributed by atoms with E-state index in [2.05, 4.69) is 11.4 Å². The van der Waals surface area contributed by atoms with E-state index in [1.54, 1.807) is 7.11 Å². The predicted molar refractivity (Wildman–Crippen MR) is 78.9 cm³/mol. The average Bonchev–Trinajstić information content (AvgIpc) is 3.21. The minimum Gasteiger partial charge on any atom is -0.496 e. The maximum absolute atomic E-state index is 5.86. The Morgan fingerprint density at radius 1 is 1.05 bits per heavy atom. The molecule has 4 rings (SSSR count). The molecule has 3 unspecified atom stereocenters. The van der Waals surface area contributed by atoms with Crippen molar-refractivity contribution in [2.24, 2.45) is 0 Å². The van der Waals surface area contributed by atoms with Gasteiger partial charge >= 0.3 is 0 Å². The second-order valence-corrected chi connectivity index (χ2v) is 6.38. The van der Waals surface area contributed by atoms with Crippen LogP contribution in [0, 0.1) is 0 Å². The van der Waals surface area contributed by atoms with E-state index in [0.29, 0.717) is 17.9 Å². The van der Waals surface area contributed by atoms with Gasteiger partial charge in [0.1, 0.15) is 11.5 Å². The van der Waals surface area contributed by atoms with Crippen molar-refractivity contribution >= 4 is 0 Å². The topological polar surface area (TPSA) is 30.5 Å². The summed E-state index contributed by atoms with van der Waals surface area (Å²) in [5, 5.41) is 3.60. The van der Waals surface area contributed by atoms with Crippen LogP contribution in [0.4, 0.5) is 0 Å². The lowest BCUT2D eigenvalue weighted by Gasteiger charge is -2.25. The highest BCUT2D eigenvalue weighted by molar-refractivity contribution is 5.61. The first-order valence-corrected chi connectivity index (χ1v) is 7.85. The number of nitrogens with one attached hydrogen (secondary N) is 1. The zero-order valence-electron chi connectivity index (χ0n) is 12.4. The quantitative estimate of drug-likeness (QED) is 0.914. The molecule has 0 radical (unpaired) electrons. The zero-order chi connectivity index (χ0) is 13.7. The Bertz CT molecular complexity index is 534. The van der Waals surface area contributed by atoms with Gasteiger partial charge in [0.05, 0.1) is 14.2 Å². The number of methoxy groups -OCH3 is 2. The fraction of sp³-hybridized carbons (Fsp3) is 0.647. The van der Waals surface area contributed by atoms with Gasteiger partial charge in [-0.05, 0) is 56.6 Å². The Hall–Kier alpha value is -1.22. The van der Waals surface area contributed by atoms with Crippen LogP contribution in [0.15, 0.2) is 6.07 Å². The van der Waals surface area contributed by atoms with E-state index in [1.807, 2.05) is 7.11 Å². The molecule has 0 spiro atoms. The van der Waals surface area contributed by atoms with Gasteiger partial charge in [0.2, 0.25) is 0 Å². The summed E-state index contributed by atoms with van der Waals surface area (Å²) in [5.41, 5.74) is 4.22. The van der Waals surface area contributed by atoms with Crippen LogP contribution < -0.4 is 14.8 Å². The molecular formula is C17H23NO2. The van der Waals surface area contributed by atoms with Gasteiger partial charge in [-0.2, -0.15) is 0 Å². The lowest BCUT2D eigenvalue weighted by atomic mass is 9.86. The van der Waals surface area contributed by atoms with Crippen LogP contribution in [0.1, 0.15) is 66.7 Å². The second-order valence-electron chi connectivity index (χ2n) is 6.38. The highest BCUT2D eigenvalue weighted by Gasteiger charge is 2.42. The molecule has 1 N–H and O–H groups in total. The molecular weight excluding hydrogens is 250 g/mol. The van der Waals surface area contributed by atoms with E-state index in [4.69, 9.17) is 9.47 Å². The summed E-state index contributed by atoms with van der Waals surface area (Å²) in [5.74, 6) is 3.63. The Kier molecular flexibility index (Phi) is 2.92. The largest absolute Gasteiger partial charge is 0.496 e. The van der Waals surface area contributed by atoms with Crippen LogP contribution in [0.2, 0.25) is 0 Å². The summed E-state index contributed by atoms with van der Waals surface area (Å²) in [6.45, 7) is 1.11. The molecule has 1 aromatic carbocycles. The number of rotatable bonds is 3. The van der Waals surface area contributed by atoms with Crippen LogP contribution in [0.3, 0.4) is 0 Å². The first-order chi connectivity index (χ1) is 9.83. The monoisotopic (exact) mass is 273 g/mol. The minimum atomic E-state index is 0.434. The molecule has 1 aliphatic heterocycles. The Balaban J connectivity index is 1.90. The molecule has 108 valence electrons. The first kappa shape index (κ1) is 12.5. The smallest absolute Gasteiger partial charge is 0.127 e. The molecule has 2 aliphatic carbocycles. The van der Waals surface area contributed by atoms with Crippen molar-refractivity contribution in [3.63, 3.8) is 0 Å². The van der Waals surface area contributed by atoms with Gasteiger partial charge in [-0.3, -0.25) is 0 Å². The van der Waals surface area contributed by atoms with Crippen LogP contribution in [0.5, 0.6) is 11.5 Å². The Labute approximate surface area is 120 Å². The lowest BCUT2D eigenvalue weighted by molar-refractivity contribution is 0.381. The summed E-state index contributed by atoms with van der Waals surface area (Å²) in [7, 11) is 3.63. The number of ether oxygens (including phenoxy) is 2. The Morgan fingerprint density at radius 2 is 1.85 bits per heavy atom. The number of fused-ring (bicyclic) bond motifs is 5. The maximum Gasteiger partial charge on any atom is 0.127 e. The summed E-state index contributed by atoms with van der Waals surface area (Å²) in [6.07, 6.45) is 6.38. The van der Waals surface area contributed by atoms with Crippen molar-refractivity contribution < 1.29 is 9.47 Å². The molecule has 1 saturated carbocycles. The van der Waals surface area contributed by atoms with E-state index in [1.165, 1.54) is 48.8 Å². The average molecular weight is 273 g/mol. The van der Waals surface area contributed by atoms with Crippen LogP contribution in [-0.4, -0.2) is 20.8 Å². The standard InChI is InChI=1S/C17H23NO2/c1-19-14-9-12(13-4-3-7-18-13)17(20-2)16-11-6-5-10(8-11)15(14)16/h9-11,13,18H,3-8H2,1-2H3. The van der Waals surface area contributed by atoms with Gasteiger partial charge in [-0.1, -0.05) is 0 Å². The van der Waals surface area contributed by atoms with Gasteiger partial charge in [0.25, 0.3) is 0 Å². The van der Waals surface area contributed by atoms with Gasteiger partial charge in [-0.25, -0.2) is 0 Å². The fourth-order valence-corrected chi connectivity index (χ4v) is 4.63. The van der Waals surface area contributed by atoms with Gasteiger partial charge in [0.15, 0.2) is 0 Å². The number of hydrogen-bond donors (Lipinski definition) is 1. The minimum absolute atomic E-state index is 0.434. The summed E-state index contributed by atoms with van der Waals surface area (Å²) in [6, 6.07) is 2.67.